The van der Waals surface area contributed by atoms with Gasteiger partial charge in [-0.3, -0.25) is 14.2 Å². The minimum absolute atomic E-state index is 0.0274. The van der Waals surface area contributed by atoms with Crippen molar-refractivity contribution in [3.63, 3.8) is 0 Å². The molecule has 3 fully saturated rings. The van der Waals surface area contributed by atoms with Gasteiger partial charge in [0.25, 0.3) is 5.91 Å². The molecule has 2 bridgehead atoms. The van der Waals surface area contributed by atoms with E-state index >= 15 is 0 Å². The van der Waals surface area contributed by atoms with Crippen molar-refractivity contribution in [2.24, 2.45) is 11.8 Å². The zero-order valence-corrected chi connectivity index (χ0v) is 17.0. The number of fused-ring (bicyclic) bond motifs is 4. The van der Waals surface area contributed by atoms with Gasteiger partial charge in [-0.1, -0.05) is 0 Å². The van der Waals surface area contributed by atoms with Crippen LogP contribution in [-0.4, -0.2) is 78.3 Å². The lowest BCUT2D eigenvalue weighted by Gasteiger charge is -2.28. The number of alkyl carbamates (subject to hydrolysis) is 1. The van der Waals surface area contributed by atoms with Crippen LogP contribution < -0.4 is 10.8 Å². The Hall–Kier alpha value is -2.16. The Morgan fingerprint density at radius 2 is 1.97 bits per heavy atom. The lowest BCUT2D eigenvalue weighted by atomic mass is 10.0. The number of urea groups is 1. The third-order valence-electron chi connectivity index (χ3n) is 4.73. The first kappa shape index (κ1) is 21.5. The third kappa shape index (κ3) is 5.07. The van der Waals surface area contributed by atoms with Gasteiger partial charge in [-0.25, -0.2) is 15.1 Å². The molecular weight excluding hydrogens is 412 g/mol. The van der Waals surface area contributed by atoms with E-state index in [0.29, 0.717) is 11.5 Å². The van der Waals surface area contributed by atoms with Crippen molar-refractivity contribution in [2.75, 3.05) is 19.7 Å². The topological polar surface area (TPSA) is 164 Å². The molecule has 1 saturated carbocycles. The number of amides is 4. The molecule has 3 N–H and O–H groups in total. The van der Waals surface area contributed by atoms with Crippen molar-refractivity contribution >= 4 is 28.4 Å². The largest absolute Gasteiger partial charge is 0.444 e. The molecule has 13 nitrogen and oxygen atoms in total. The standard InChI is InChI=1S/C15H24N4O9S/c1-15(2,3)27-13(21)16-4-5-26-17-12(20)11-9-6-8(9)10-7-18(11)14(22)19(10)28-29(23,24)25/h8-11H,4-7H2,1-3H3,(H,16,21)(H,17,20)(H,23,24,25)/t8-,9+,10+,11-/m0/s1. The van der Waals surface area contributed by atoms with Crippen LogP contribution in [0.5, 0.6) is 0 Å². The summed E-state index contributed by atoms with van der Waals surface area (Å²) in [5.41, 5.74) is 1.62. The number of carbonyl (C=O) groups excluding carboxylic acids is 3. The molecule has 0 unspecified atom stereocenters. The fourth-order valence-corrected chi connectivity index (χ4v) is 4.04. The van der Waals surface area contributed by atoms with Gasteiger partial charge in [0.15, 0.2) is 0 Å². The molecule has 2 saturated heterocycles. The Morgan fingerprint density at radius 1 is 1.28 bits per heavy atom. The monoisotopic (exact) mass is 436 g/mol. The van der Waals surface area contributed by atoms with Crippen molar-refractivity contribution in [1.82, 2.24) is 20.8 Å². The Morgan fingerprint density at radius 3 is 2.59 bits per heavy atom. The molecule has 0 aromatic carbocycles. The molecule has 2 aliphatic heterocycles. The highest BCUT2D eigenvalue weighted by molar-refractivity contribution is 7.80. The van der Waals surface area contributed by atoms with Crippen LogP contribution in [0.25, 0.3) is 0 Å². The van der Waals surface area contributed by atoms with E-state index in [4.69, 9.17) is 14.1 Å². The number of hydroxylamine groups is 3. The Kier molecular flexibility index (Phi) is 5.64. The zero-order chi connectivity index (χ0) is 21.6. The second-order valence-electron chi connectivity index (χ2n) is 8.08. The van der Waals surface area contributed by atoms with Crippen LogP contribution in [0, 0.1) is 11.8 Å². The van der Waals surface area contributed by atoms with Gasteiger partial charge in [-0.2, -0.15) is 13.5 Å². The number of piperidine rings is 1. The Balaban J connectivity index is 1.47. The van der Waals surface area contributed by atoms with E-state index in [9.17, 15) is 22.8 Å². The molecule has 3 rings (SSSR count). The summed E-state index contributed by atoms with van der Waals surface area (Å²) in [7, 11) is -4.85. The van der Waals surface area contributed by atoms with Crippen molar-refractivity contribution in [2.45, 2.75) is 44.9 Å². The van der Waals surface area contributed by atoms with Crippen LogP contribution in [0.15, 0.2) is 0 Å². The summed E-state index contributed by atoms with van der Waals surface area (Å²) in [4.78, 5) is 42.6. The van der Waals surface area contributed by atoms with E-state index in [0.717, 1.165) is 0 Å². The molecule has 0 spiro atoms. The highest BCUT2D eigenvalue weighted by Gasteiger charge is 2.65. The summed E-state index contributed by atoms with van der Waals surface area (Å²) < 4.78 is 40.2. The van der Waals surface area contributed by atoms with E-state index in [1.807, 2.05) is 0 Å². The predicted molar refractivity (Wildman–Crippen MR) is 94.1 cm³/mol. The van der Waals surface area contributed by atoms with Gasteiger partial charge in [0.2, 0.25) is 0 Å². The van der Waals surface area contributed by atoms with Crippen LogP contribution in [0.1, 0.15) is 27.2 Å². The summed E-state index contributed by atoms with van der Waals surface area (Å²) in [5.74, 6) is -0.824. The fourth-order valence-electron chi connectivity index (χ4n) is 3.66. The summed E-state index contributed by atoms with van der Waals surface area (Å²) in [5, 5.41) is 3.07. The van der Waals surface area contributed by atoms with E-state index in [1.165, 1.54) is 4.90 Å². The van der Waals surface area contributed by atoms with Crippen LogP contribution in [-0.2, 0) is 29.1 Å². The van der Waals surface area contributed by atoms with E-state index in [2.05, 4.69) is 15.1 Å². The average molecular weight is 436 g/mol. The van der Waals surface area contributed by atoms with Crippen molar-refractivity contribution in [3.05, 3.63) is 0 Å². The van der Waals surface area contributed by atoms with E-state index < -0.39 is 46.1 Å². The van der Waals surface area contributed by atoms with Gasteiger partial charge in [-0.05, 0) is 39.0 Å². The SMILES string of the molecule is CC(C)(C)OC(=O)NCCONC(=O)[C@@H]1[C@@H]2C[C@@H]2[C@H]2CN1C(=O)N2OS(=O)(=O)O. The Labute approximate surface area is 167 Å². The molecule has 29 heavy (non-hydrogen) atoms. The molecule has 164 valence electrons. The first-order chi connectivity index (χ1) is 13.4. The number of rotatable bonds is 7. The summed E-state index contributed by atoms with van der Waals surface area (Å²) >= 11 is 0. The van der Waals surface area contributed by atoms with Gasteiger partial charge < -0.3 is 15.0 Å². The number of nitrogens with one attached hydrogen (secondary N) is 2. The van der Waals surface area contributed by atoms with E-state index in [-0.39, 0.29) is 31.5 Å². The number of nitrogens with zero attached hydrogens (tertiary/aromatic N) is 2. The maximum absolute atomic E-state index is 12.5. The highest BCUT2D eigenvalue weighted by Crippen LogP contribution is 2.53. The first-order valence-electron chi connectivity index (χ1n) is 9.03. The quantitative estimate of drug-likeness (QED) is 0.269. The maximum Gasteiger partial charge on any atom is 0.418 e. The number of hydrogen-bond donors (Lipinski definition) is 3. The fraction of sp³-hybridized carbons (Fsp3) is 0.800. The molecule has 0 aromatic heterocycles. The van der Waals surface area contributed by atoms with Crippen molar-refractivity contribution in [3.8, 4) is 0 Å². The van der Waals surface area contributed by atoms with Crippen molar-refractivity contribution in [1.29, 1.82) is 0 Å². The normalized spacial score (nSPS) is 28.1. The second-order valence-corrected chi connectivity index (χ2v) is 9.09. The number of hydrogen-bond acceptors (Lipinski definition) is 8. The molecule has 4 amide bonds. The third-order valence-corrected chi connectivity index (χ3v) is 5.08. The number of ether oxygens (including phenoxy) is 1. The second kappa shape index (κ2) is 7.59. The predicted octanol–water partition coefficient (Wildman–Crippen LogP) is -0.582. The van der Waals surface area contributed by atoms with Gasteiger partial charge in [0.05, 0.1) is 12.6 Å². The summed E-state index contributed by atoms with van der Waals surface area (Å²) in [6.07, 6.45) is -0.00825. The Bertz CT molecular complexity index is 796. The van der Waals surface area contributed by atoms with Crippen LogP contribution in [0.3, 0.4) is 0 Å². The van der Waals surface area contributed by atoms with E-state index in [1.54, 1.807) is 20.8 Å². The van der Waals surface area contributed by atoms with Gasteiger partial charge in [0.1, 0.15) is 11.6 Å². The van der Waals surface area contributed by atoms with Crippen molar-refractivity contribution < 1.29 is 41.2 Å². The summed E-state index contributed by atoms with van der Waals surface area (Å²) in [6.45, 7) is 5.35. The van der Waals surface area contributed by atoms with Gasteiger partial charge in [-0.15, -0.1) is 4.28 Å². The smallest absolute Gasteiger partial charge is 0.418 e. The molecule has 1 aliphatic carbocycles. The molecule has 3 aliphatic rings. The molecule has 14 heteroatoms. The van der Waals surface area contributed by atoms with Gasteiger partial charge >= 0.3 is 22.5 Å². The highest BCUT2D eigenvalue weighted by atomic mass is 32.3. The molecule has 4 atom stereocenters. The lowest BCUT2D eigenvalue weighted by molar-refractivity contribution is -0.139. The van der Waals surface area contributed by atoms with Crippen LogP contribution >= 0.6 is 0 Å². The first-order valence-corrected chi connectivity index (χ1v) is 10.4. The van der Waals surface area contributed by atoms with Crippen LogP contribution in [0.2, 0.25) is 0 Å². The molecule has 0 aromatic rings. The zero-order valence-electron chi connectivity index (χ0n) is 16.2. The molecule has 0 radical (unpaired) electrons. The average Bonchev–Trinajstić information content (AvgIpc) is 3.30. The lowest BCUT2D eigenvalue weighted by Crippen LogP contribution is -2.51. The minimum atomic E-state index is -4.85. The van der Waals surface area contributed by atoms with Crippen LogP contribution in [0.4, 0.5) is 9.59 Å². The van der Waals surface area contributed by atoms with Gasteiger partial charge in [0, 0.05) is 13.1 Å². The molecular formula is C15H24N4O9S. The molecule has 2 heterocycles. The minimum Gasteiger partial charge on any atom is -0.444 e. The maximum atomic E-state index is 12.5. The summed E-state index contributed by atoms with van der Waals surface area (Å²) in [6, 6.07) is -2.19. The number of carbonyl (C=O) groups is 3.